The number of ether oxygens (including phenoxy) is 1. The molecule has 0 spiro atoms. The molecule has 1 saturated heterocycles. The summed E-state index contributed by atoms with van der Waals surface area (Å²) in [7, 11) is -2.56. The first-order chi connectivity index (χ1) is 16.3. The van der Waals surface area contributed by atoms with Gasteiger partial charge < -0.3 is 9.64 Å². The highest BCUT2D eigenvalue weighted by atomic mass is 35.5. The second-order valence-corrected chi connectivity index (χ2v) is 11.5. The number of sulfonamides is 1. The molecule has 0 amide bonds. The van der Waals surface area contributed by atoms with E-state index < -0.39 is 45.3 Å². The van der Waals surface area contributed by atoms with Crippen LogP contribution in [0.5, 0.6) is 5.75 Å². The summed E-state index contributed by atoms with van der Waals surface area (Å²) in [4.78, 5) is 1.91. The van der Waals surface area contributed by atoms with Crippen molar-refractivity contribution in [1.29, 1.82) is 0 Å². The molecule has 1 aliphatic heterocycles. The molecule has 5 nitrogen and oxygen atoms in total. The third-order valence-electron chi connectivity index (χ3n) is 5.32. The second kappa shape index (κ2) is 9.57. The minimum atomic E-state index is -4.71. The molecule has 0 unspecified atom stereocenters. The zero-order valence-electron chi connectivity index (χ0n) is 18.0. The predicted octanol–water partition coefficient (Wildman–Crippen LogP) is 6.25. The number of hydrogen-bond donors (Lipinski definition) is 1. The molecule has 1 aromatic heterocycles. The predicted molar refractivity (Wildman–Crippen MR) is 123 cm³/mol. The van der Waals surface area contributed by atoms with E-state index in [1.54, 1.807) is 0 Å². The van der Waals surface area contributed by atoms with Crippen LogP contribution in [0.15, 0.2) is 46.7 Å². The number of nitrogens with one attached hydrogen (secondary N) is 1. The number of likely N-dealkylation sites (N-methyl/N-ethyl adjacent to an activating group) is 1. The molecule has 13 heteroatoms. The summed E-state index contributed by atoms with van der Waals surface area (Å²) in [6.45, 7) is 1.09. The highest BCUT2D eigenvalue weighted by Gasteiger charge is 2.36. The van der Waals surface area contributed by atoms with Gasteiger partial charge >= 0.3 is 6.18 Å². The van der Waals surface area contributed by atoms with Crippen LogP contribution in [0.1, 0.15) is 12.0 Å². The molecule has 3 aromatic rings. The van der Waals surface area contributed by atoms with Crippen molar-refractivity contribution in [3.63, 3.8) is 0 Å². The molecular weight excluding hydrogens is 535 g/mol. The van der Waals surface area contributed by atoms with Crippen molar-refractivity contribution in [1.82, 2.24) is 4.90 Å². The van der Waals surface area contributed by atoms with Crippen LogP contribution in [-0.4, -0.2) is 39.6 Å². The molecule has 1 N–H and O–H groups in total. The Labute approximate surface area is 207 Å². The van der Waals surface area contributed by atoms with Gasteiger partial charge in [-0.2, -0.15) is 13.2 Å². The summed E-state index contributed by atoms with van der Waals surface area (Å²) in [6.07, 6.45) is -4.67. The van der Waals surface area contributed by atoms with Crippen molar-refractivity contribution < 1.29 is 35.1 Å². The summed E-state index contributed by atoms with van der Waals surface area (Å²) < 4.78 is 102. The number of alkyl halides is 3. The molecule has 0 aliphatic carbocycles. The Hall–Kier alpha value is -2.41. The van der Waals surface area contributed by atoms with E-state index in [0.717, 1.165) is 30.3 Å². The smallest absolute Gasteiger partial charge is 0.419 e. The molecule has 1 aliphatic rings. The normalized spacial score (nSPS) is 17.1. The van der Waals surface area contributed by atoms with Crippen LogP contribution in [0.25, 0.3) is 11.1 Å². The zero-order valence-corrected chi connectivity index (χ0v) is 20.4. The van der Waals surface area contributed by atoms with Crippen LogP contribution in [0.2, 0.25) is 4.34 Å². The Morgan fingerprint density at radius 1 is 1.11 bits per heavy atom. The molecule has 0 saturated carbocycles. The summed E-state index contributed by atoms with van der Waals surface area (Å²) in [6, 6.07) is 6.84. The van der Waals surface area contributed by atoms with E-state index in [4.69, 9.17) is 16.3 Å². The fourth-order valence-corrected chi connectivity index (χ4v) is 6.65. The minimum absolute atomic E-state index is 0.0174. The van der Waals surface area contributed by atoms with E-state index in [1.807, 2.05) is 11.9 Å². The van der Waals surface area contributed by atoms with E-state index in [0.29, 0.717) is 30.8 Å². The van der Waals surface area contributed by atoms with Gasteiger partial charge in [0, 0.05) is 24.7 Å². The summed E-state index contributed by atoms with van der Waals surface area (Å²) >= 11 is 6.67. The van der Waals surface area contributed by atoms with E-state index in [1.165, 1.54) is 12.1 Å². The SMILES string of the molecule is CN1CC[C@@H](Oc2cc(NS(=O)(=O)c3sc(Cl)cc3-c3ccc(F)c(F)c3)ccc2C(F)(F)F)C1. The maximum Gasteiger partial charge on any atom is 0.419 e. The van der Waals surface area contributed by atoms with Crippen LogP contribution >= 0.6 is 22.9 Å². The van der Waals surface area contributed by atoms with Crippen molar-refractivity contribution in [3.8, 4) is 16.9 Å². The number of benzene rings is 2. The number of nitrogens with zero attached hydrogens (tertiary/aromatic N) is 1. The number of halogens is 6. The number of thiophene rings is 1. The molecule has 1 fully saturated rings. The van der Waals surface area contributed by atoms with Gasteiger partial charge in [-0.05, 0) is 49.4 Å². The van der Waals surface area contributed by atoms with Gasteiger partial charge in [-0.15, -0.1) is 11.3 Å². The largest absolute Gasteiger partial charge is 0.488 e. The first-order valence-electron chi connectivity index (χ1n) is 10.2. The standard InChI is InChI=1S/C22H18ClF5N2O3S2/c1-30-7-6-14(11-30)33-19-9-13(3-4-16(19)22(26,27)28)29-35(31,32)21-15(10-20(23)34-21)12-2-5-17(24)18(25)8-12/h2-5,8-10,14,29H,6-7,11H2,1H3/t14-/m1/s1. The quantitative estimate of drug-likeness (QED) is 0.367. The number of hydrogen-bond acceptors (Lipinski definition) is 5. The molecule has 2 aromatic carbocycles. The van der Waals surface area contributed by atoms with Crippen molar-refractivity contribution in [2.75, 3.05) is 24.9 Å². The second-order valence-electron chi connectivity index (χ2n) is 7.99. The van der Waals surface area contributed by atoms with Gasteiger partial charge in [-0.1, -0.05) is 17.7 Å². The zero-order chi connectivity index (χ0) is 25.5. The van der Waals surface area contributed by atoms with Crippen molar-refractivity contribution >= 4 is 38.6 Å². The number of likely N-dealkylation sites (tertiary alicyclic amines) is 1. The molecule has 0 radical (unpaired) electrons. The molecule has 4 rings (SSSR count). The lowest BCUT2D eigenvalue weighted by Crippen LogP contribution is -2.23. The summed E-state index contributed by atoms with van der Waals surface area (Å²) in [5.41, 5.74) is -1.12. The van der Waals surface area contributed by atoms with Gasteiger partial charge in [0.2, 0.25) is 0 Å². The molecule has 188 valence electrons. The van der Waals surface area contributed by atoms with E-state index in [9.17, 15) is 30.4 Å². The molecular formula is C22H18ClF5N2O3S2. The van der Waals surface area contributed by atoms with E-state index in [2.05, 4.69) is 4.72 Å². The Bertz CT molecular complexity index is 1360. The van der Waals surface area contributed by atoms with E-state index in [-0.39, 0.29) is 25.4 Å². The van der Waals surface area contributed by atoms with Crippen LogP contribution < -0.4 is 9.46 Å². The molecule has 2 heterocycles. The average molecular weight is 553 g/mol. The third-order valence-corrected chi connectivity index (χ3v) is 8.50. The topological polar surface area (TPSA) is 58.6 Å². The Morgan fingerprint density at radius 3 is 2.49 bits per heavy atom. The van der Waals surface area contributed by atoms with Gasteiger partial charge in [-0.25, -0.2) is 17.2 Å². The fraction of sp³-hybridized carbons (Fsp3) is 0.273. The highest BCUT2D eigenvalue weighted by Crippen LogP contribution is 2.41. The van der Waals surface area contributed by atoms with E-state index >= 15 is 0 Å². The lowest BCUT2D eigenvalue weighted by atomic mass is 10.1. The van der Waals surface area contributed by atoms with Gasteiger partial charge in [0.15, 0.2) is 11.6 Å². The van der Waals surface area contributed by atoms with Crippen LogP contribution in [0.4, 0.5) is 27.6 Å². The first kappa shape index (κ1) is 25.7. The van der Waals surface area contributed by atoms with Crippen LogP contribution in [0.3, 0.4) is 0 Å². The maximum atomic E-state index is 13.7. The summed E-state index contributed by atoms with van der Waals surface area (Å²) in [5.74, 6) is -2.78. The van der Waals surface area contributed by atoms with Crippen molar-refractivity contribution in [2.24, 2.45) is 0 Å². The van der Waals surface area contributed by atoms with Gasteiger partial charge in [-0.3, -0.25) is 4.72 Å². The Balaban J connectivity index is 1.68. The van der Waals surface area contributed by atoms with Crippen LogP contribution in [0, 0.1) is 11.6 Å². The fourth-order valence-electron chi connectivity index (χ4n) is 3.70. The average Bonchev–Trinajstić information content (AvgIpc) is 3.35. The highest BCUT2D eigenvalue weighted by molar-refractivity contribution is 7.94. The first-order valence-corrected chi connectivity index (χ1v) is 12.9. The molecule has 0 bridgehead atoms. The van der Waals surface area contributed by atoms with Gasteiger partial charge in [0.1, 0.15) is 16.1 Å². The Morgan fingerprint density at radius 2 is 1.86 bits per heavy atom. The summed E-state index contributed by atoms with van der Waals surface area (Å²) in [5, 5.41) is 0. The third kappa shape index (κ3) is 5.71. The number of anilines is 1. The van der Waals surface area contributed by atoms with Gasteiger partial charge in [0.05, 0.1) is 15.6 Å². The number of rotatable bonds is 6. The Kier molecular flexibility index (Phi) is 7.02. The minimum Gasteiger partial charge on any atom is -0.488 e. The van der Waals surface area contributed by atoms with Gasteiger partial charge in [0.25, 0.3) is 10.0 Å². The van der Waals surface area contributed by atoms with Crippen molar-refractivity contribution in [2.45, 2.75) is 22.9 Å². The monoisotopic (exact) mass is 552 g/mol. The van der Waals surface area contributed by atoms with Crippen LogP contribution in [-0.2, 0) is 16.2 Å². The molecule has 1 atom stereocenters. The lowest BCUT2D eigenvalue weighted by Gasteiger charge is -2.19. The molecule has 35 heavy (non-hydrogen) atoms. The lowest BCUT2D eigenvalue weighted by molar-refractivity contribution is -0.139. The maximum absolute atomic E-state index is 13.7. The van der Waals surface area contributed by atoms with Crippen molar-refractivity contribution in [3.05, 3.63) is 64.0 Å².